The van der Waals surface area contributed by atoms with Crippen LogP contribution in [0.25, 0.3) is 10.9 Å². The lowest BCUT2D eigenvalue weighted by Crippen LogP contribution is -2.37. The van der Waals surface area contributed by atoms with Crippen molar-refractivity contribution >= 4 is 23.0 Å². The Labute approximate surface area is 192 Å². The zero-order valence-electron chi connectivity index (χ0n) is 18.4. The number of hydrogen-bond acceptors (Lipinski definition) is 2. The monoisotopic (exact) mass is 439 g/mol. The highest BCUT2D eigenvalue weighted by Gasteiger charge is 2.26. The van der Waals surface area contributed by atoms with E-state index in [0.717, 1.165) is 37.1 Å². The van der Waals surface area contributed by atoms with Gasteiger partial charge in [-0.15, -0.1) is 0 Å². The van der Waals surface area contributed by atoms with Crippen molar-refractivity contribution < 1.29 is 9.18 Å². The molecular formula is C28H26FN3O. The number of carbonyl (C=O) groups excluding carboxylic acids is 1. The fraction of sp³-hybridized carbons (Fsp3) is 0.214. The van der Waals surface area contributed by atoms with Gasteiger partial charge in [0.05, 0.1) is 0 Å². The van der Waals surface area contributed by atoms with Crippen molar-refractivity contribution in [3.63, 3.8) is 0 Å². The van der Waals surface area contributed by atoms with Crippen LogP contribution in [0.4, 0.5) is 4.39 Å². The Morgan fingerprint density at radius 2 is 1.76 bits per heavy atom. The molecule has 1 fully saturated rings. The minimum atomic E-state index is -0.220. The van der Waals surface area contributed by atoms with Crippen molar-refractivity contribution in [3.8, 4) is 0 Å². The maximum absolute atomic E-state index is 13.3. The zero-order valence-corrected chi connectivity index (χ0v) is 18.4. The normalized spacial score (nSPS) is 14.5. The minimum absolute atomic E-state index is 0.0379. The lowest BCUT2D eigenvalue weighted by molar-refractivity contribution is 0.0713. The Morgan fingerprint density at radius 3 is 2.52 bits per heavy atom. The molecule has 166 valence electrons. The first-order valence-corrected chi connectivity index (χ1v) is 11.3. The molecule has 1 aromatic heterocycles. The van der Waals surface area contributed by atoms with Crippen molar-refractivity contribution in [2.75, 3.05) is 13.1 Å². The summed E-state index contributed by atoms with van der Waals surface area (Å²) >= 11 is 0. The van der Waals surface area contributed by atoms with Crippen molar-refractivity contribution in [3.05, 3.63) is 107 Å². The van der Waals surface area contributed by atoms with E-state index in [2.05, 4.69) is 35.0 Å². The van der Waals surface area contributed by atoms with Gasteiger partial charge in [-0.25, -0.2) is 4.39 Å². The van der Waals surface area contributed by atoms with Gasteiger partial charge in [0, 0.05) is 48.5 Å². The van der Waals surface area contributed by atoms with Gasteiger partial charge >= 0.3 is 0 Å². The number of hydrogen-bond donors (Lipinski definition) is 1. The Kier molecular flexibility index (Phi) is 5.78. The van der Waals surface area contributed by atoms with Crippen LogP contribution in [0.1, 0.15) is 45.8 Å². The maximum atomic E-state index is 13.3. The van der Waals surface area contributed by atoms with E-state index < -0.39 is 0 Å². The molecule has 1 aliphatic rings. The molecule has 0 saturated carbocycles. The Hall–Kier alpha value is -3.73. The SMILES string of the molecule is N=Cc1cccc(C(=O)N2CCC(c3cn(Cc4ccc(F)cc4)c4ccccc34)CC2)c1. The number of halogens is 1. The molecular weight excluding hydrogens is 413 g/mol. The molecule has 33 heavy (non-hydrogen) atoms. The molecule has 0 radical (unpaired) electrons. The van der Waals surface area contributed by atoms with E-state index in [-0.39, 0.29) is 11.7 Å². The molecule has 2 heterocycles. The Morgan fingerprint density at radius 1 is 1.00 bits per heavy atom. The highest BCUT2D eigenvalue weighted by atomic mass is 19.1. The van der Waals surface area contributed by atoms with Crippen LogP contribution >= 0.6 is 0 Å². The van der Waals surface area contributed by atoms with Gasteiger partial charge in [-0.3, -0.25) is 4.79 Å². The van der Waals surface area contributed by atoms with E-state index in [1.165, 1.54) is 34.8 Å². The molecule has 1 aliphatic heterocycles. The van der Waals surface area contributed by atoms with Crippen molar-refractivity contribution in [1.29, 1.82) is 5.41 Å². The van der Waals surface area contributed by atoms with E-state index in [4.69, 9.17) is 5.41 Å². The summed E-state index contributed by atoms with van der Waals surface area (Å²) in [6, 6.07) is 22.4. The quantitative estimate of drug-likeness (QED) is 0.390. The molecule has 1 amide bonds. The van der Waals surface area contributed by atoms with Crippen LogP contribution in [0.15, 0.2) is 79.0 Å². The van der Waals surface area contributed by atoms with Gasteiger partial charge in [0.2, 0.25) is 0 Å². The van der Waals surface area contributed by atoms with Gasteiger partial charge in [-0.2, -0.15) is 0 Å². The Balaban J connectivity index is 1.34. The third kappa shape index (κ3) is 4.31. The average Bonchev–Trinajstić information content (AvgIpc) is 3.23. The number of nitrogens with one attached hydrogen (secondary N) is 1. The van der Waals surface area contributed by atoms with Crippen LogP contribution in [0.3, 0.4) is 0 Å². The first kappa shape index (κ1) is 21.1. The second-order valence-electron chi connectivity index (χ2n) is 8.69. The standard InChI is InChI=1S/C28H26FN3O/c29-24-10-8-20(9-11-24)18-32-19-26(25-6-1-2-7-27(25)32)22-12-14-31(15-13-22)28(33)23-5-3-4-21(16-23)17-30/h1-11,16-17,19,22,30H,12-15,18H2. The summed E-state index contributed by atoms with van der Waals surface area (Å²) < 4.78 is 15.6. The molecule has 4 nitrogen and oxygen atoms in total. The fourth-order valence-corrected chi connectivity index (χ4v) is 4.86. The van der Waals surface area contributed by atoms with Gasteiger partial charge in [0.15, 0.2) is 0 Å². The predicted octanol–water partition coefficient (Wildman–Crippen LogP) is 5.85. The predicted molar refractivity (Wildman–Crippen MR) is 130 cm³/mol. The highest BCUT2D eigenvalue weighted by Crippen LogP contribution is 2.35. The number of rotatable bonds is 5. The van der Waals surface area contributed by atoms with Crippen LogP contribution < -0.4 is 0 Å². The first-order chi connectivity index (χ1) is 16.1. The topological polar surface area (TPSA) is 49.1 Å². The number of para-hydroxylation sites is 1. The molecule has 3 aromatic carbocycles. The van der Waals surface area contributed by atoms with Gasteiger partial charge in [-0.05, 0) is 65.8 Å². The van der Waals surface area contributed by atoms with E-state index >= 15 is 0 Å². The highest BCUT2D eigenvalue weighted by molar-refractivity contribution is 5.96. The molecule has 0 atom stereocenters. The van der Waals surface area contributed by atoms with Gasteiger partial charge in [0.25, 0.3) is 5.91 Å². The lowest BCUT2D eigenvalue weighted by Gasteiger charge is -2.32. The lowest BCUT2D eigenvalue weighted by atomic mass is 9.89. The molecule has 1 N–H and O–H groups in total. The third-order valence-corrected chi connectivity index (χ3v) is 6.61. The van der Waals surface area contributed by atoms with Gasteiger partial charge in [-0.1, -0.05) is 42.5 Å². The molecule has 1 saturated heterocycles. The summed E-state index contributed by atoms with van der Waals surface area (Å²) in [7, 11) is 0. The van der Waals surface area contributed by atoms with Crippen molar-refractivity contribution in [1.82, 2.24) is 9.47 Å². The molecule has 5 rings (SSSR count). The minimum Gasteiger partial charge on any atom is -0.343 e. The summed E-state index contributed by atoms with van der Waals surface area (Å²) in [6.45, 7) is 2.13. The van der Waals surface area contributed by atoms with Gasteiger partial charge in [0.1, 0.15) is 5.82 Å². The molecule has 0 spiro atoms. The second kappa shape index (κ2) is 9.02. The average molecular weight is 440 g/mol. The third-order valence-electron chi connectivity index (χ3n) is 6.61. The molecule has 0 unspecified atom stereocenters. The Bertz CT molecular complexity index is 1300. The molecule has 5 heteroatoms. The second-order valence-corrected chi connectivity index (χ2v) is 8.69. The number of nitrogens with zero attached hydrogens (tertiary/aromatic N) is 2. The van der Waals surface area contributed by atoms with E-state index in [9.17, 15) is 9.18 Å². The van der Waals surface area contributed by atoms with Crippen LogP contribution in [-0.2, 0) is 6.54 Å². The van der Waals surface area contributed by atoms with Crippen molar-refractivity contribution in [2.24, 2.45) is 0 Å². The fourth-order valence-electron chi connectivity index (χ4n) is 4.86. The summed E-state index contributed by atoms with van der Waals surface area (Å²) in [5, 5.41) is 8.68. The number of carbonyl (C=O) groups is 1. The van der Waals surface area contributed by atoms with Crippen LogP contribution in [0, 0.1) is 11.2 Å². The van der Waals surface area contributed by atoms with Crippen molar-refractivity contribution in [2.45, 2.75) is 25.3 Å². The summed E-state index contributed by atoms with van der Waals surface area (Å²) in [5.41, 5.74) is 4.95. The number of aromatic nitrogens is 1. The zero-order chi connectivity index (χ0) is 22.8. The smallest absolute Gasteiger partial charge is 0.253 e. The summed E-state index contributed by atoms with van der Waals surface area (Å²) in [5.74, 6) is 0.208. The molecule has 0 aliphatic carbocycles. The largest absolute Gasteiger partial charge is 0.343 e. The first-order valence-electron chi connectivity index (χ1n) is 11.3. The summed E-state index contributed by atoms with van der Waals surface area (Å²) in [4.78, 5) is 14.9. The summed E-state index contributed by atoms with van der Waals surface area (Å²) in [6.07, 6.45) is 5.34. The number of amides is 1. The molecule has 0 bridgehead atoms. The van der Waals surface area contributed by atoms with Crippen LogP contribution in [-0.4, -0.2) is 34.7 Å². The van der Waals surface area contributed by atoms with Gasteiger partial charge < -0.3 is 14.9 Å². The number of piperidine rings is 1. The number of fused-ring (bicyclic) bond motifs is 1. The molecule has 4 aromatic rings. The van der Waals surface area contributed by atoms with E-state index in [1.54, 1.807) is 6.07 Å². The number of benzene rings is 3. The van der Waals surface area contributed by atoms with Crippen LogP contribution in [0.5, 0.6) is 0 Å². The number of likely N-dealkylation sites (tertiary alicyclic amines) is 1. The maximum Gasteiger partial charge on any atom is 0.253 e. The van der Waals surface area contributed by atoms with E-state index in [1.807, 2.05) is 35.2 Å². The van der Waals surface area contributed by atoms with Crippen LogP contribution in [0.2, 0.25) is 0 Å². The van der Waals surface area contributed by atoms with E-state index in [0.29, 0.717) is 18.0 Å².